The number of methoxy groups -OCH3 is 1. The van der Waals surface area contributed by atoms with Crippen molar-refractivity contribution >= 4 is 34.0 Å². The molecule has 3 aromatic heterocycles. The zero-order chi connectivity index (χ0) is 23.1. The van der Waals surface area contributed by atoms with Gasteiger partial charge < -0.3 is 24.7 Å². The van der Waals surface area contributed by atoms with E-state index in [1.807, 2.05) is 35.9 Å². The van der Waals surface area contributed by atoms with Crippen LogP contribution >= 0.6 is 0 Å². The maximum Gasteiger partial charge on any atom is 0.257 e. The molecule has 0 unspecified atom stereocenters. The number of aromatic nitrogens is 4. The lowest BCUT2D eigenvalue weighted by atomic mass is 10.1. The Balaban J connectivity index is 1.50. The Morgan fingerprint density at radius 1 is 1.12 bits per heavy atom. The molecule has 1 saturated heterocycles. The average molecular weight is 446 g/mol. The molecule has 2 N–H and O–H groups in total. The summed E-state index contributed by atoms with van der Waals surface area (Å²) in [6, 6.07) is 6.29. The SMILES string of the molecule is COc1cc(NC(=O)c2ccc(N3C[C@@H](C)N[C@H](C)C3)c3nccnc23)cn2cc(C)nc12. The number of nitrogens with one attached hydrogen (secondary N) is 2. The largest absolute Gasteiger partial charge is 0.493 e. The van der Waals surface area contributed by atoms with Crippen LogP contribution in [0.5, 0.6) is 5.75 Å². The van der Waals surface area contributed by atoms with Gasteiger partial charge in [-0.2, -0.15) is 0 Å². The minimum Gasteiger partial charge on any atom is -0.493 e. The summed E-state index contributed by atoms with van der Waals surface area (Å²) in [5, 5.41) is 6.53. The molecule has 1 aliphatic rings. The normalized spacial score (nSPS) is 18.6. The van der Waals surface area contributed by atoms with Gasteiger partial charge >= 0.3 is 0 Å². The number of hydrogen-bond donors (Lipinski definition) is 2. The van der Waals surface area contributed by atoms with Gasteiger partial charge in [-0.05, 0) is 32.9 Å². The lowest BCUT2D eigenvalue weighted by Gasteiger charge is -2.38. The topological polar surface area (TPSA) is 96.7 Å². The van der Waals surface area contributed by atoms with E-state index < -0.39 is 0 Å². The lowest BCUT2D eigenvalue weighted by molar-refractivity contribution is 0.102. The van der Waals surface area contributed by atoms with Crippen LogP contribution in [-0.2, 0) is 0 Å². The van der Waals surface area contributed by atoms with Crippen LogP contribution in [0.1, 0.15) is 29.9 Å². The molecule has 4 heterocycles. The molecule has 4 aromatic rings. The number of anilines is 2. The van der Waals surface area contributed by atoms with E-state index in [2.05, 4.69) is 44.3 Å². The van der Waals surface area contributed by atoms with Crippen molar-refractivity contribution in [2.45, 2.75) is 32.9 Å². The van der Waals surface area contributed by atoms with E-state index in [0.717, 1.165) is 30.0 Å². The molecular weight excluding hydrogens is 418 g/mol. The van der Waals surface area contributed by atoms with E-state index in [0.29, 0.717) is 40.2 Å². The number of hydrogen-bond acceptors (Lipinski definition) is 7. The molecule has 1 aliphatic heterocycles. The van der Waals surface area contributed by atoms with Gasteiger partial charge in [0.05, 0.1) is 29.7 Å². The molecule has 0 bridgehead atoms. The Morgan fingerprint density at radius 3 is 2.58 bits per heavy atom. The second kappa shape index (κ2) is 8.32. The Bertz CT molecular complexity index is 1340. The van der Waals surface area contributed by atoms with Crippen LogP contribution in [0.15, 0.2) is 43.0 Å². The highest BCUT2D eigenvalue weighted by atomic mass is 16.5. The second-order valence-electron chi connectivity index (χ2n) is 8.62. The van der Waals surface area contributed by atoms with Crippen LogP contribution in [0.25, 0.3) is 16.7 Å². The summed E-state index contributed by atoms with van der Waals surface area (Å²) in [7, 11) is 1.59. The summed E-state index contributed by atoms with van der Waals surface area (Å²) in [4.78, 5) is 29.2. The quantitative estimate of drug-likeness (QED) is 0.498. The molecule has 0 spiro atoms. The van der Waals surface area contributed by atoms with Gasteiger partial charge in [-0.1, -0.05) is 0 Å². The molecule has 1 amide bonds. The Hall–Kier alpha value is -3.72. The number of amides is 1. The summed E-state index contributed by atoms with van der Waals surface area (Å²) in [6.45, 7) is 7.99. The predicted octanol–water partition coefficient (Wildman–Crippen LogP) is 3.03. The van der Waals surface area contributed by atoms with Crippen molar-refractivity contribution in [2.75, 3.05) is 30.4 Å². The van der Waals surface area contributed by atoms with Crippen LogP contribution in [0, 0.1) is 6.92 Å². The highest BCUT2D eigenvalue weighted by Crippen LogP contribution is 2.29. The third-order valence-electron chi connectivity index (χ3n) is 5.86. The first kappa shape index (κ1) is 21.1. The van der Waals surface area contributed by atoms with Crippen LogP contribution in [0.3, 0.4) is 0 Å². The van der Waals surface area contributed by atoms with Crippen molar-refractivity contribution in [1.29, 1.82) is 0 Å². The molecule has 170 valence electrons. The maximum absolute atomic E-state index is 13.3. The van der Waals surface area contributed by atoms with Crippen molar-refractivity contribution in [3.63, 3.8) is 0 Å². The van der Waals surface area contributed by atoms with Gasteiger partial charge in [-0.15, -0.1) is 0 Å². The van der Waals surface area contributed by atoms with Crippen molar-refractivity contribution in [2.24, 2.45) is 0 Å². The van der Waals surface area contributed by atoms with Gasteiger partial charge in [-0.25, -0.2) is 4.98 Å². The summed E-state index contributed by atoms with van der Waals surface area (Å²) >= 11 is 0. The summed E-state index contributed by atoms with van der Waals surface area (Å²) < 4.78 is 7.32. The highest BCUT2D eigenvalue weighted by Gasteiger charge is 2.24. The molecule has 9 heteroatoms. The van der Waals surface area contributed by atoms with Crippen molar-refractivity contribution < 1.29 is 9.53 Å². The van der Waals surface area contributed by atoms with Crippen molar-refractivity contribution in [3.8, 4) is 5.75 Å². The molecule has 33 heavy (non-hydrogen) atoms. The number of pyridine rings is 1. The third-order valence-corrected chi connectivity index (χ3v) is 5.86. The highest BCUT2D eigenvalue weighted by molar-refractivity contribution is 6.13. The number of nitrogens with zero attached hydrogens (tertiary/aromatic N) is 5. The monoisotopic (exact) mass is 445 g/mol. The number of fused-ring (bicyclic) bond motifs is 2. The van der Waals surface area contributed by atoms with Crippen molar-refractivity contribution in [1.82, 2.24) is 24.7 Å². The van der Waals surface area contributed by atoms with Gasteiger partial charge in [0.15, 0.2) is 11.4 Å². The number of piperazine rings is 1. The lowest BCUT2D eigenvalue weighted by Crippen LogP contribution is -2.54. The summed E-state index contributed by atoms with van der Waals surface area (Å²) in [6.07, 6.45) is 7.00. The van der Waals surface area contributed by atoms with Gasteiger partial charge in [0.25, 0.3) is 5.91 Å². The Kier molecular flexibility index (Phi) is 5.33. The van der Waals surface area contributed by atoms with E-state index in [1.54, 1.807) is 25.6 Å². The van der Waals surface area contributed by atoms with Gasteiger partial charge in [0.2, 0.25) is 0 Å². The van der Waals surface area contributed by atoms with Gasteiger partial charge in [0.1, 0.15) is 11.0 Å². The van der Waals surface area contributed by atoms with Crippen LogP contribution in [-0.4, -0.2) is 57.5 Å². The molecule has 0 radical (unpaired) electrons. The first-order valence-electron chi connectivity index (χ1n) is 11.0. The van der Waals surface area contributed by atoms with Gasteiger partial charge in [0, 0.05) is 56.0 Å². The summed E-state index contributed by atoms with van der Waals surface area (Å²) in [5.74, 6) is 0.329. The Morgan fingerprint density at radius 2 is 1.85 bits per heavy atom. The molecule has 0 saturated carbocycles. The van der Waals surface area contributed by atoms with E-state index >= 15 is 0 Å². The van der Waals surface area contributed by atoms with E-state index in [4.69, 9.17) is 4.74 Å². The molecule has 0 aliphatic carbocycles. The molecule has 9 nitrogen and oxygen atoms in total. The fraction of sp³-hybridized carbons (Fsp3) is 0.333. The summed E-state index contributed by atoms with van der Waals surface area (Å²) in [5.41, 5.74) is 4.94. The van der Waals surface area contributed by atoms with Crippen LogP contribution in [0.4, 0.5) is 11.4 Å². The first-order chi connectivity index (χ1) is 15.9. The van der Waals surface area contributed by atoms with Crippen LogP contribution in [0.2, 0.25) is 0 Å². The van der Waals surface area contributed by atoms with Gasteiger partial charge in [-0.3, -0.25) is 14.8 Å². The third kappa shape index (κ3) is 3.95. The smallest absolute Gasteiger partial charge is 0.257 e. The molecule has 2 atom stereocenters. The molecular formula is C24H27N7O2. The Labute approximate surface area is 191 Å². The molecule has 1 fully saturated rings. The van der Waals surface area contributed by atoms with E-state index in [-0.39, 0.29) is 5.91 Å². The number of rotatable bonds is 4. The number of aryl methyl sites for hydroxylation is 1. The number of imidazole rings is 1. The number of carbonyl (C=O) groups is 1. The zero-order valence-corrected chi connectivity index (χ0v) is 19.2. The zero-order valence-electron chi connectivity index (χ0n) is 19.2. The van der Waals surface area contributed by atoms with E-state index in [9.17, 15) is 4.79 Å². The number of carbonyl (C=O) groups excluding carboxylic acids is 1. The number of benzene rings is 1. The molecule has 5 rings (SSSR count). The average Bonchev–Trinajstić information content (AvgIpc) is 3.17. The second-order valence-corrected chi connectivity index (χ2v) is 8.62. The minimum absolute atomic E-state index is 0.257. The predicted molar refractivity (Wildman–Crippen MR) is 128 cm³/mol. The number of ether oxygens (including phenoxy) is 1. The first-order valence-corrected chi connectivity index (χ1v) is 11.0. The minimum atomic E-state index is -0.257. The van der Waals surface area contributed by atoms with Crippen LogP contribution < -0.4 is 20.3 Å². The fourth-order valence-electron chi connectivity index (χ4n) is 4.61. The maximum atomic E-state index is 13.3. The van der Waals surface area contributed by atoms with Crippen molar-refractivity contribution in [3.05, 3.63) is 54.2 Å². The standard InChI is InChI=1S/C24H27N7O2/c1-14-10-30(11-15(2)27-14)19-6-5-18(21-22(19)26-8-7-25-21)24(32)29-17-9-20(33-4)23-28-16(3)12-31(23)13-17/h5-9,12-15,27H,10-11H2,1-4H3,(H,29,32)/t14-,15-/m1/s1. The van der Waals surface area contributed by atoms with E-state index in [1.165, 1.54) is 0 Å². The molecule has 1 aromatic carbocycles. The fourth-order valence-corrected chi connectivity index (χ4v) is 4.61.